The molecule has 0 aliphatic heterocycles. The molecular formula is C15H13FN2O. The van der Waals surface area contributed by atoms with Gasteiger partial charge >= 0.3 is 0 Å². The molecule has 0 aromatic heterocycles. The molecule has 0 saturated carbocycles. The first-order valence-corrected chi connectivity index (χ1v) is 5.77. The summed E-state index contributed by atoms with van der Waals surface area (Å²) >= 11 is 0. The number of nitrogens with zero attached hydrogens (tertiary/aromatic N) is 1. The average molecular weight is 256 g/mol. The summed E-state index contributed by atoms with van der Waals surface area (Å²) in [4.78, 5) is 0. The Hall–Kier alpha value is -2.54. The highest BCUT2D eigenvalue weighted by Gasteiger charge is 2.06. The highest BCUT2D eigenvalue weighted by Crippen LogP contribution is 2.24. The lowest BCUT2D eigenvalue weighted by Crippen LogP contribution is -2.01. The number of ether oxygens (including phenoxy) is 1. The van der Waals surface area contributed by atoms with E-state index in [1.54, 1.807) is 24.3 Å². The minimum absolute atomic E-state index is 0.0746. The zero-order valence-electron chi connectivity index (χ0n) is 10.5. The van der Waals surface area contributed by atoms with Gasteiger partial charge in [-0.3, -0.25) is 0 Å². The fourth-order valence-corrected chi connectivity index (χ4v) is 1.66. The van der Waals surface area contributed by atoms with Gasteiger partial charge in [-0.15, -0.1) is 0 Å². The number of hydrogen-bond acceptors (Lipinski definition) is 3. The molecular weight excluding hydrogens is 243 g/mol. The summed E-state index contributed by atoms with van der Waals surface area (Å²) in [7, 11) is 0. The Morgan fingerprint density at radius 2 is 2.05 bits per heavy atom. The van der Waals surface area contributed by atoms with Crippen LogP contribution in [0.1, 0.15) is 16.7 Å². The summed E-state index contributed by atoms with van der Waals surface area (Å²) in [5.41, 5.74) is 7.98. The minimum atomic E-state index is -0.453. The molecule has 4 heteroatoms. The maximum Gasteiger partial charge on any atom is 0.142 e. The smallest absolute Gasteiger partial charge is 0.142 e. The van der Waals surface area contributed by atoms with E-state index in [2.05, 4.69) is 0 Å². The molecule has 2 aromatic carbocycles. The van der Waals surface area contributed by atoms with Crippen LogP contribution in [0.25, 0.3) is 0 Å². The zero-order chi connectivity index (χ0) is 13.8. The maximum atomic E-state index is 13.7. The summed E-state index contributed by atoms with van der Waals surface area (Å²) in [5, 5.41) is 8.66. The largest absolute Gasteiger partial charge is 0.487 e. The van der Waals surface area contributed by atoms with E-state index in [9.17, 15) is 4.39 Å². The Labute approximate surface area is 111 Å². The first-order valence-electron chi connectivity index (χ1n) is 5.77. The molecule has 0 fully saturated rings. The van der Waals surface area contributed by atoms with Gasteiger partial charge in [-0.05, 0) is 36.8 Å². The molecule has 0 unspecified atom stereocenters. The van der Waals surface area contributed by atoms with E-state index in [1.807, 2.05) is 19.1 Å². The number of nitriles is 1. The van der Waals surface area contributed by atoms with Crippen molar-refractivity contribution in [3.05, 3.63) is 58.9 Å². The van der Waals surface area contributed by atoms with Gasteiger partial charge in [0.15, 0.2) is 0 Å². The SMILES string of the molecule is Cc1ccc(N)c(OCc2ccc(C#N)cc2F)c1. The van der Waals surface area contributed by atoms with Crippen LogP contribution in [0.5, 0.6) is 5.75 Å². The van der Waals surface area contributed by atoms with Crippen LogP contribution in [0.15, 0.2) is 36.4 Å². The molecule has 0 spiro atoms. The van der Waals surface area contributed by atoms with E-state index in [0.29, 0.717) is 17.0 Å². The second-order valence-electron chi connectivity index (χ2n) is 4.25. The standard InChI is InChI=1S/C15H13FN2O/c1-10-2-5-14(18)15(6-10)19-9-12-4-3-11(8-17)7-13(12)16/h2-7H,9,18H2,1H3. The molecule has 0 radical (unpaired) electrons. The third-order valence-corrected chi connectivity index (χ3v) is 2.73. The van der Waals surface area contributed by atoms with Crippen LogP contribution in [0.3, 0.4) is 0 Å². The second-order valence-corrected chi connectivity index (χ2v) is 4.25. The van der Waals surface area contributed by atoms with Gasteiger partial charge in [-0.2, -0.15) is 5.26 Å². The lowest BCUT2D eigenvalue weighted by atomic mass is 10.1. The molecule has 0 atom stereocenters. The minimum Gasteiger partial charge on any atom is -0.487 e. The van der Waals surface area contributed by atoms with E-state index >= 15 is 0 Å². The van der Waals surface area contributed by atoms with E-state index in [0.717, 1.165) is 5.56 Å². The number of halogens is 1. The molecule has 0 aliphatic carbocycles. The van der Waals surface area contributed by atoms with Gasteiger partial charge in [0.1, 0.15) is 18.2 Å². The molecule has 0 amide bonds. The lowest BCUT2D eigenvalue weighted by Gasteiger charge is -2.10. The summed E-state index contributed by atoms with van der Waals surface area (Å²) in [6.45, 7) is 2.00. The van der Waals surface area contributed by atoms with E-state index < -0.39 is 5.82 Å². The average Bonchev–Trinajstić information content (AvgIpc) is 2.40. The van der Waals surface area contributed by atoms with Crippen LogP contribution in [0.2, 0.25) is 0 Å². The first kappa shape index (κ1) is 12.9. The third-order valence-electron chi connectivity index (χ3n) is 2.73. The number of hydrogen-bond donors (Lipinski definition) is 1. The van der Waals surface area contributed by atoms with Crippen LogP contribution in [0, 0.1) is 24.1 Å². The van der Waals surface area contributed by atoms with Gasteiger partial charge in [0.25, 0.3) is 0 Å². The van der Waals surface area contributed by atoms with Crippen molar-refractivity contribution in [2.75, 3.05) is 5.73 Å². The van der Waals surface area contributed by atoms with Gasteiger partial charge in [-0.25, -0.2) is 4.39 Å². The Kier molecular flexibility index (Phi) is 3.67. The van der Waals surface area contributed by atoms with Gasteiger partial charge in [0.05, 0.1) is 17.3 Å². The molecule has 0 aliphatic rings. The highest BCUT2D eigenvalue weighted by atomic mass is 19.1. The lowest BCUT2D eigenvalue weighted by molar-refractivity contribution is 0.301. The maximum absolute atomic E-state index is 13.7. The van der Waals surface area contributed by atoms with E-state index in [1.165, 1.54) is 6.07 Å². The van der Waals surface area contributed by atoms with E-state index in [-0.39, 0.29) is 12.2 Å². The molecule has 2 N–H and O–H groups in total. The van der Waals surface area contributed by atoms with Crippen molar-refractivity contribution in [2.45, 2.75) is 13.5 Å². The van der Waals surface area contributed by atoms with Crippen LogP contribution in [0.4, 0.5) is 10.1 Å². The monoisotopic (exact) mass is 256 g/mol. The van der Waals surface area contributed by atoms with Gasteiger partial charge < -0.3 is 10.5 Å². The fourth-order valence-electron chi connectivity index (χ4n) is 1.66. The Morgan fingerprint density at radius 3 is 2.74 bits per heavy atom. The fraction of sp³-hybridized carbons (Fsp3) is 0.133. The van der Waals surface area contributed by atoms with Crippen molar-refractivity contribution in [3.8, 4) is 11.8 Å². The molecule has 0 bridgehead atoms. The molecule has 2 rings (SSSR count). The van der Waals surface area contributed by atoms with Crippen molar-refractivity contribution in [1.29, 1.82) is 5.26 Å². The number of nitrogen functional groups attached to an aromatic ring is 1. The van der Waals surface area contributed by atoms with Crippen molar-refractivity contribution in [3.63, 3.8) is 0 Å². The summed E-state index contributed by atoms with van der Waals surface area (Å²) in [6.07, 6.45) is 0. The number of rotatable bonds is 3. The molecule has 0 heterocycles. The summed E-state index contributed by atoms with van der Waals surface area (Å²) < 4.78 is 19.2. The molecule has 96 valence electrons. The third kappa shape index (κ3) is 3.02. The quantitative estimate of drug-likeness (QED) is 0.858. The summed E-state index contributed by atoms with van der Waals surface area (Å²) in [6, 6.07) is 11.6. The van der Waals surface area contributed by atoms with Gasteiger partial charge in [0.2, 0.25) is 0 Å². The van der Waals surface area contributed by atoms with Gasteiger partial charge in [-0.1, -0.05) is 12.1 Å². The summed E-state index contributed by atoms with van der Waals surface area (Å²) in [5.74, 6) is 0.0778. The Balaban J connectivity index is 2.15. The van der Waals surface area contributed by atoms with Crippen LogP contribution >= 0.6 is 0 Å². The predicted molar refractivity (Wildman–Crippen MR) is 71.0 cm³/mol. The van der Waals surface area contributed by atoms with Gasteiger partial charge in [0, 0.05) is 5.56 Å². The van der Waals surface area contributed by atoms with Crippen LogP contribution in [-0.2, 0) is 6.61 Å². The number of nitrogens with two attached hydrogens (primary N) is 1. The molecule has 2 aromatic rings. The van der Waals surface area contributed by atoms with Crippen LogP contribution in [-0.4, -0.2) is 0 Å². The molecule has 0 saturated heterocycles. The second kappa shape index (κ2) is 5.40. The highest BCUT2D eigenvalue weighted by molar-refractivity contribution is 5.53. The molecule has 3 nitrogen and oxygen atoms in total. The molecule has 19 heavy (non-hydrogen) atoms. The Bertz CT molecular complexity index is 647. The topological polar surface area (TPSA) is 59.0 Å². The number of aryl methyl sites for hydroxylation is 1. The van der Waals surface area contributed by atoms with Crippen LogP contribution < -0.4 is 10.5 Å². The number of anilines is 1. The van der Waals surface area contributed by atoms with Crippen molar-refractivity contribution in [1.82, 2.24) is 0 Å². The predicted octanol–water partition coefficient (Wildman–Crippen LogP) is 3.17. The normalized spacial score (nSPS) is 9.95. The van der Waals surface area contributed by atoms with Crippen molar-refractivity contribution < 1.29 is 9.13 Å². The van der Waals surface area contributed by atoms with Crippen molar-refractivity contribution in [2.24, 2.45) is 0 Å². The van der Waals surface area contributed by atoms with E-state index in [4.69, 9.17) is 15.7 Å². The first-order chi connectivity index (χ1) is 9.10. The zero-order valence-corrected chi connectivity index (χ0v) is 10.5. The van der Waals surface area contributed by atoms with Crippen molar-refractivity contribution >= 4 is 5.69 Å². The Morgan fingerprint density at radius 1 is 1.26 bits per heavy atom. The number of benzene rings is 2.